The van der Waals surface area contributed by atoms with Crippen LogP contribution in [0, 0.1) is 5.92 Å². The van der Waals surface area contributed by atoms with E-state index in [0.29, 0.717) is 12.5 Å². The monoisotopic (exact) mass is 289 g/mol. The molecule has 2 rings (SSSR count). The highest BCUT2D eigenvalue weighted by Gasteiger charge is 2.12. The number of carbonyl (C=O) groups is 1. The van der Waals surface area contributed by atoms with E-state index in [1.165, 1.54) is 0 Å². The summed E-state index contributed by atoms with van der Waals surface area (Å²) in [6.45, 7) is 4.51. The Morgan fingerprint density at radius 1 is 1.33 bits per heavy atom. The molecular formula is C16H23N3O2. The van der Waals surface area contributed by atoms with Gasteiger partial charge in [-0.1, -0.05) is 32.0 Å². The first kappa shape index (κ1) is 15.4. The average Bonchev–Trinajstić information content (AvgIpc) is 2.86. The zero-order chi connectivity index (χ0) is 15.2. The van der Waals surface area contributed by atoms with Crippen molar-refractivity contribution in [3.63, 3.8) is 0 Å². The number of aromatic nitrogens is 1. The second-order valence-electron chi connectivity index (χ2n) is 5.72. The van der Waals surface area contributed by atoms with Crippen LogP contribution in [-0.4, -0.2) is 28.8 Å². The Labute approximate surface area is 124 Å². The number of hydrogen-bond acceptors (Lipinski definition) is 2. The minimum atomic E-state index is -0.256. The SMILES string of the molecule is CC(C)CC(CO)NC(=O)NCc1cc2ccccc2[nH]1. The van der Waals surface area contributed by atoms with Gasteiger partial charge in [0.1, 0.15) is 0 Å². The molecule has 1 aromatic heterocycles. The molecule has 5 nitrogen and oxygen atoms in total. The predicted molar refractivity (Wildman–Crippen MR) is 84.0 cm³/mol. The molecule has 21 heavy (non-hydrogen) atoms. The van der Waals surface area contributed by atoms with Crippen LogP contribution in [-0.2, 0) is 6.54 Å². The van der Waals surface area contributed by atoms with Crippen LogP contribution >= 0.6 is 0 Å². The van der Waals surface area contributed by atoms with E-state index in [1.54, 1.807) is 0 Å². The summed E-state index contributed by atoms with van der Waals surface area (Å²) in [7, 11) is 0. The van der Waals surface area contributed by atoms with Crippen LogP contribution in [0.1, 0.15) is 26.0 Å². The van der Waals surface area contributed by atoms with Gasteiger partial charge in [-0.05, 0) is 29.9 Å². The molecule has 0 aliphatic rings. The lowest BCUT2D eigenvalue weighted by atomic mass is 10.0. The molecule has 0 aliphatic carbocycles. The minimum Gasteiger partial charge on any atom is -0.394 e. The molecule has 0 saturated carbocycles. The van der Waals surface area contributed by atoms with Gasteiger partial charge in [0.05, 0.1) is 19.2 Å². The zero-order valence-corrected chi connectivity index (χ0v) is 12.5. The van der Waals surface area contributed by atoms with E-state index in [-0.39, 0.29) is 18.7 Å². The molecule has 2 amide bonds. The van der Waals surface area contributed by atoms with Crippen molar-refractivity contribution in [1.29, 1.82) is 0 Å². The van der Waals surface area contributed by atoms with Gasteiger partial charge in [0, 0.05) is 11.2 Å². The Balaban J connectivity index is 1.85. The van der Waals surface area contributed by atoms with Gasteiger partial charge in [-0.25, -0.2) is 4.79 Å². The zero-order valence-electron chi connectivity index (χ0n) is 12.5. The summed E-state index contributed by atoms with van der Waals surface area (Å²) in [6, 6.07) is 9.55. The number of urea groups is 1. The number of amides is 2. The van der Waals surface area contributed by atoms with Crippen molar-refractivity contribution in [1.82, 2.24) is 15.6 Å². The second-order valence-corrected chi connectivity index (χ2v) is 5.72. The van der Waals surface area contributed by atoms with Crippen LogP contribution in [0.2, 0.25) is 0 Å². The van der Waals surface area contributed by atoms with Gasteiger partial charge in [0.25, 0.3) is 0 Å². The molecule has 1 aromatic carbocycles. The van der Waals surface area contributed by atoms with E-state index >= 15 is 0 Å². The normalized spacial score (nSPS) is 12.6. The largest absolute Gasteiger partial charge is 0.394 e. The number of nitrogens with one attached hydrogen (secondary N) is 3. The van der Waals surface area contributed by atoms with Crippen molar-refractivity contribution in [2.75, 3.05) is 6.61 Å². The van der Waals surface area contributed by atoms with Crippen molar-refractivity contribution < 1.29 is 9.90 Å². The highest BCUT2D eigenvalue weighted by Crippen LogP contribution is 2.14. The van der Waals surface area contributed by atoms with Gasteiger partial charge in [-0.3, -0.25) is 0 Å². The van der Waals surface area contributed by atoms with Crippen LogP contribution in [0.5, 0.6) is 0 Å². The van der Waals surface area contributed by atoms with Crippen molar-refractivity contribution in [3.05, 3.63) is 36.0 Å². The van der Waals surface area contributed by atoms with Crippen molar-refractivity contribution in [3.8, 4) is 0 Å². The molecule has 2 aromatic rings. The maximum Gasteiger partial charge on any atom is 0.315 e. The summed E-state index contributed by atoms with van der Waals surface area (Å²) in [4.78, 5) is 15.1. The lowest BCUT2D eigenvalue weighted by molar-refractivity contribution is 0.206. The summed E-state index contributed by atoms with van der Waals surface area (Å²) in [5, 5.41) is 16.0. The molecule has 0 radical (unpaired) electrons. The molecule has 0 bridgehead atoms. The standard InChI is InChI=1S/C16H23N3O2/c1-11(2)7-14(10-20)19-16(21)17-9-13-8-12-5-3-4-6-15(12)18-13/h3-6,8,11,14,18,20H,7,9-10H2,1-2H3,(H2,17,19,21). The van der Waals surface area contributed by atoms with Crippen LogP contribution in [0.3, 0.4) is 0 Å². The smallest absolute Gasteiger partial charge is 0.315 e. The summed E-state index contributed by atoms with van der Waals surface area (Å²) < 4.78 is 0. The fourth-order valence-electron chi connectivity index (χ4n) is 2.39. The Bertz CT molecular complexity index is 559. The molecule has 0 spiro atoms. The molecule has 0 saturated heterocycles. The number of rotatable bonds is 6. The number of H-pyrrole nitrogens is 1. The van der Waals surface area contributed by atoms with Gasteiger partial charge in [0.2, 0.25) is 0 Å². The topological polar surface area (TPSA) is 77.2 Å². The molecule has 114 valence electrons. The quantitative estimate of drug-likeness (QED) is 0.659. The molecule has 0 aliphatic heterocycles. The van der Waals surface area contributed by atoms with Crippen LogP contribution in [0.25, 0.3) is 10.9 Å². The van der Waals surface area contributed by atoms with Crippen LogP contribution < -0.4 is 10.6 Å². The van der Waals surface area contributed by atoms with Crippen molar-refractivity contribution >= 4 is 16.9 Å². The Kier molecular flexibility index (Phi) is 5.22. The van der Waals surface area contributed by atoms with E-state index in [9.17, 15) is 9.90 Å². The van der Waals surface area contributed by atoms with E-state index in [4.69, 9.17) is 0 Å². The second kappa shape index (κ2) is 7.13. The number of aliphatic hydroxyl groups is 1. The summed E-state index contributed by atoms with van der Waals surface area (Å²) in [5.74, 6) is 0.427. The first-order chi connectivity index (χ1) is 10.1. The minimum absolute atomic E-state index is 0.0437. The Morgan fingerprint density at radius 3 is 2.76 bits per heavy atom. The maximum atomic E-state index is 11.8. The Hall–Kier alpha value is -2.01. The van der Waals surface area contributed by atoms with E-state index in [0.717, 1.165) is 23.0 Å². The Morgan fingerprint density at radius 2 is 2.10 bits per heavy atom. The number of fused-ring (bicyclic) bond motifs is 1. The number of benzene rings is 1. The van der Waals surface area contributed by atoms with Gasteiger partial charge in [-0.2, -0.15) is 0 Å². The van der Waals surface area contributed by atoms with Crippen LogP contribution in [0.4, 0.5) is 4.79 Å². The molecule has 1 heterocycles. The first-order valence-electron chi connectivity index (χ1n) is 7.30. The third-order valence-electron chi connectivity index (χ3n) is 3.34. The van der Waals surface area contributed by atoms with Crippen molar-refractivity contribution in [2.24, 2.45) is 5.92 Å². The van der Waals surface area contributed by atoms with Crippen LogP contribution in [0.15, 0.2) is 30.3 Å². The third-order valence-corrected chi connectivity index (χ3v) is 3.34. The average molecular weight is 289 g/mol. The summed E-state index contributed by atoms with van der Waals surface area (Å²) >= 11 is 0. The van der Waals surface area contributed by atoms with E-state index in [1.807, 2.05) is 30.3 Å². The van der Waals surface area contributed by atoms with Gasteiger partial charge in [-0.15, -0.1) is 0 Å². The highest BCUT2D eigenvalue weighted by atomic mass is 16.3. The lowest BCUT2D eigenvalue weighted by Crippen LogP contribution is -2.44. The summed E-state index contributed by atoms with van der Waals surface area (Å²) in [6.07, 6.45) is 0.760. The number of aliphatic hydroxyl groups excluding tert-OH is 1. The lowest BCUT2D eigenvalue weighted by Gasteiger charge is -2.18. The van der Waals surface area contributed by atoms with Crippen molar-refractivity contribution in [2.45, 2.75) is 32.9 Å². The molecule has 0 fully saturated rings. The van der Waals surface area contributed by atoms with Gasteiger partial charge in [0.15, 0.2) is 0 Å². The fourth-order valence-corrected chi connectivity index (χ4v) is 2.39. The summed E-state index contributed by atoms with van der Waals surface area (Å²) in [5.41, 5.74) is 2.01. The number of aromatic amines is 1. The predicted octanol–water partition coefficient (Wildman–Crippen LogP) is 2.37. The fraction of sp³-hybridized carbons (Fsp3) is 0.438. The molecule has 4 N–H and O–H groups in total. The molecule has 1 atom stereocenters. The molecule has 5 heteroatoms. The first-order valence-corrected chi connectivity index (χ1v) is 7.30. The highest BCUT2D eigenvalue weighted by molar-refractivity contribution is 5.80. The van der Waals surface area contributed by atoms with Gasteiger partial charge < -0.3 is 20.7 Å². The maximum absolute atomic E-state index is 11.8. The molecule has 1 unspecified atom stereocenters. The number of para-hydroxylation sites is 1. The van der Waals surface area contributed by atoms with Gasteiger partial charge >= 0.3 is 6.03 Å². The van der Waals surface area contributed by atoms with E-state index in [2.05, 4.69) is 29.5 Å². The third kappa shape index (κ3) is 4.49. The van der Waals surface area contributed by atoms with E-state index < -0.39 is 0 Å². The number of carbonyl (C=O) groups excluding carboxylic acids is 1. The molecular weight excluding hydrogens is 266 g/mol. The number of hydrogen-bond donors (Lipinski definition) is 4.